The molecule has 0 bridgehead atoms. The molecule has 0 radical (unpaired) electrons. The molecule has 2 aromatic heterocycles. The molecule has 2 heterocycles. The van der Waals surface area contributed by atoms with E-state index >= 15 is 0 Å². The van der Waals surface area contributed by atoms with Crippen molar-refractivity contribution in [2.24, 2.45) is 7.05 Å². The van der Waals surface area contributed by atoms with Crippen LogP contribution in [0, 0.1) is 24.0 Å². The van der Waals surface area contributed by atoms with Gasteiger partial charge in [-0.15, -0.1) is 10.2 Å². The molecule has 1 N–H and O–H groups in total. The van der Waals surface area contributed by atoms with Crippen LogP contribution in [0.5, 0.6) is 0 Å². The van der Waals surface area contributed by atoms with Gasteiger partial charge in [0, 0.05) is 18.7 Å². The Balaban J connectivity index is 1.61. The molecule has 0 spiro atoms. The van der Waals surface area contributed by atoms with E-state index in [1.807, 2.05) is 26.0 Å². The lowest BCUT2D eigenvalue weighted by atomic mass is 10.1. The van der Waals surface area contributed by atoms with Gasteiger partial charge in [0.05, 0.1) is 20.0 Å². The Morgan fingerprint density at radius 1 is 1.27 bits per heavy atom. The summed E-state index contributed by atoms with van der Waals surface area (Å²) in [6.07, 6.45) is 1.51. The predicted molar refractivity (Wildman–Crippen MR) is 115 cm³/mol. The lowest BCUT2D eigenvalue weighted by Crippen LogP contribution is -2.12. The quantitative estimate of drug-likeness (QED) is 0.362. The van der Waals surface area contributed by atoms with Crippen molar-refractivity contribution in [1.29, 1.82) is 0 Å². The Morgan fingerprint density at radius 3 is 2.77 bits per heavy atom. The Bertz CT molecular complexity index is 1300. The molecule has 0 fully saturated rings. The summed E-state index contributed by atoms with van der Waals surface area (Å²) in [6.45, 7) is 3.97. The van der Waals surface area contributed by atoms with Gasteiger partial charge in [-0.2, -0.15) is 0 Å². The second-order valence-corrected chi connectivity index (χ2v) is 8.71. The number of thiazole rings is 1. The molecule has 0 atom stereocenters. The van der Waals surface area contributed by atoms with Crippen LogP contribution in [-0.4, -0.2) is 30.6 Å². The predicted octanol–water partition coefficient (Wildman–Crippen LogP) is 4.35. The van der Waals surface area contributed by atoms with Gasteiger partial charge in [-0.3, -0.25) is 20.2 Å². The molecular formula is C19H16N6O3S2. The first-order chi connectivity index (χ1) is 14.3. The number of nitro groups is 1. The van der Waals surface area contributed by atoms with Crippen molar-refractivity contribution in [3.63, 3.8) is 0 Å². The average Bonchev–Trinajstić information content (AvgIpc) is 3.27. The molecule has 0 saturated carbocycles. The first-order valence-electron chi connectivity index (χ1n) is 8.81. The minimum Gasteiger partial charge on any atom is -0.311 e. The number of nitro benzene ring substituents is 1. The second-order valence-electron chi connectivity index (χ2n) is 6.67. The van der Waals surface area contributed by atoms with E-state index in [0.717, 1.165) is 33.1 Å². The van der Waals surface area contributed by atoms with Gasteiger partial charge in [-0.05, 0) is 54.9 Å². The highest BCUT2D eigenvalue weighted by atomic mass is 32.2. The van der Waals surface area contributed by atoms with Crippen LogP contribution >= 0.6 is 23.1 Å². The molecule has 0 saturated heterocycles. The molecule has 9 nitrogen and oxygen atoms in total. The molecule has 2 aromatic carbocycles. The molecule has 4 rings (SSSR count). The number of rotatable bonds is 5. The van der Waals surface area contributed by atoms with Crippen molar-refractivity contribution in [2.45, 2.75) is 23.9 Å². The van der Waals surface area contributed by atoms with Crippen molar-refractivity contribution in [2.75, 3.05) is 5.32 Å². The molecule has 0 aliphatic rings. The highest BCUT2D eigenvalue weighted by Crippen LogP contribution is 2.35. The fourth-order valence-electron chi connectivity index (χ4n) is 2.94. The molecule has 1 amide bonds. The largest absolute Gasteiger partial charge is 0.311 e. The minimum atomic E-state index is -0.515. The number of nitrogens with one attached hydrogen (secondary N) is 1. The maximum absolute atomic E-state index is 12.7. The molecule has 0 unspecified atom stereocenters. The Labute approximate surface area is 179 Å². The minimum absolute atomic E-state index is 0.175. The van der Waals surface area contributed by atoms with E-state index in [4.69, 9.17) is 0 Å². The molecule has 152 valence electrons. The zero-order valence-corrected chi connectivity index (χ0v) is 17.9. The summed E-state index contributed by atoms with van der Waals surface area (Å²) in [7, 11) is 1.75. The van der Waals surface area contributed by atoms with E-state index < -0.39 is 10.8 Å². The first-order valence-corrected chi connectivity index (χ1v) is 10.4. The van der Waals surface area contributed by atoms with Crippen molar-refractivity contribution >= 4 is 50.0 Å². The molecule has 0 aliphatic heterocycles. The topological polar surface area (TPSA) is 116 Å². The third kappa shape index (κ3) is 3.89. The monoisotopic (exact) mass is 440 g/mol. The lowest BCUT2D eigenvalue weighted by molar-refractivity contribution is -0.387. The maximum Gasteiger partial charge on any atom is 0.284 e. The number of nitrogens with zero attached hydrogens (tertiary/aromatic N) is 5. The van der Waals surface area contributed by atoms with Gasteiger partial charge in [0.1, 0.15) is 6.33 Å². The van der Waals surface area contributed by atoms with E-state index in [0.29, 0.717) is 15.2 Å². The van der Waals surface area contributed by atoms with E-state index in [2.05, 4.69) is 20.5 Å². The second kappa shape index (κ2) is 7.84. The van der Waals surface area contributed by atoms with Gasteiger partial charge >= 0.3 is 0 Å². The van der Waals surface area contributed by atoms with E-state index in [1.54, 1.807) is 17.7 Å². The van der Waals surface area contributed by atoms with Gasteiger partial charge in [0.15, 0.2) is 10.3 Å². The van der Waals surface area contributed by atoms with E-state index in [-0.39, 0.29) is 11.3 Å². The molecular weight excluding hydrogens is 424 g/mol. The van der Waals surface area contributed by atoms with Gasteiger partial charge in [-0.25, -0.2) is 4.98 Å². The molecule has 30 heavy (non-hydrogen) atoms. The summed E-state index contributed by atoms with van der Waals surface area (Å²) >= 11 is 2.48. The number of aryl methyl sites for hydroxylation is 3. The number of fused-ring (bicyclic) bond motifs is 1. The SMILES string of the molecule is Cc1cc(C)c2nc(NC(=O)c3ccc(Sc4nncn4C)c([N+](=O)[O-])c3)sc2c1. The summed E-state index contributed by atoms with van der Waals surface area (Å²) in [6, 6.07) is 8.39. The van der Waals surface area contributed by atoms with Gasteiger partial charge in [0.2, 0.25) is 0 Å². The molecule has 11 heteroatoms. The van der Waals surface area contributed by atoms with Crippen LogP contribution in [0.3, 0.4) is 0 Å². The highest BCUT2D eigenvalue weighted by Gasteiger charge is 2.21. The van der Waals surface area contributed by atoms with Crippen LogP contribution in [0.15, 0.2) is 46.7 Å². The number of aromatic nitrogens is 4. The van der Waals surface area contributed by atoms with Gasteiger partial charge in [0.25, 0.3) is 11.6 Å². The summed E-state index contributed by atoms with van der Waals surface area (Å²) in [5.41, 5.74) is 2.99. The maximum atomic E-state index is 12.7. The fourth-order valence-corrected chi connectivity index (χ4v) is 4.83. The zero-order chi connectivity index (χ0) is 21.4. The third-order valence-corrected chi connectivity index (χ3v) is 6.37. The van der Waals surface area contributed by atoms with E-state index in [1.165, 1.54) is 29.8 Å². The number of anilines is 1. The van der Waals surface area contributed by atoms with Crippen LogP contribution in [0.2, 0.25) is 0 Å². The summed E-state index contributed by atoms with van der Waals surface area (Å²) < 4.78 is 2.63. The zero-order valence-electron chi connectivity index (χ0n) is 16.2. The molecule has 0 aliphatic carbocycles. The van der Waals surface area contributed by atoms with Crippen molar-refractivity contribution < 1.29 is 9.72 Å². The number of carbonyl (C=O) groups excluding carboxylic acids is 1. The molecule has 4 aromatic rings. The van der Waals surface area contributed by atoms with Crippen molar-refractivity contribution in [3.05, 3.63) is 63.5 Å². The fraction of sp³-hybridized carbons (Fsp3) is 0.158. The highest BCUT2D eigenvalue weighted by molar-refractivity contribution is 7.99. The van der Waals surface area contributed by atoms with Crippen molar-refractivity contribution in [3.8, 4) is 0 Å². The van der Waals surface area contributed by atoms with Gasteiger partial charge < -0.3 is 4.57 Å². The Hall–Kier alpha value is -3.31. The average molecular weight is 441 g/mol. The van der Waals surface area contributed by atoms with Crippen LogP contribution in [0.1, 0.15) is 21.5 Å². The van der Waals surface area contributed by atoms with Crippen LogP contribution in [0.25, 0.3) is 10.2 Å². The number of hydrogen-bond acceptors (Lipinski definition) is 8. The first kappa shape index (κ1) is 20.0. The smallest absolute Gasteiger partial charge is 0.284 e. The van der Waals surface area contributed by atoms with E-state index in [9.17, 15) is 14.9 Å². The van der Waals surface area contributed by atoms with Crippen molar-refractivity contribution in [1.82, 2.24) is 19.7 Å². The summed E-state index contributed by atoms with van der Waals surface area (Å²) in [4.78, 5) is 28.6. The van der Waals surface area contributed by atoms with Crippen LogP contribution in [-0.2, 0) is 7.05 Å². The number of hydrogen-bond donors (Lipinski definition) is 1. The third-order valence-electron chi connectivity index (χ3n) is 4.34. The van der Waals surface area contributed by atoms with Crippen LogP contribution in [0.4, 0.5) is 10.8 Å². The van der Waals surface area contributed by atoms with Gasteiger partial charge in [-0.1, -0.05) is 17.4 Å². The summed E-state index contributed by atoms with van der Waals surface area (Å²) in [5, 5.41) is 23.0. The number of amides is 1. The normalized spacial score (nSPS) is 11.0. The number of carbonyl (C=O) groups is 1. The Morgan fingerprint density at radius 2 is 2.07 bits per heavy atom. The summed E-state index contributed by atoms with van der Waals surface area (Å²) in [5.74, 6) is -0.457. The standard InChI is InChI=1S/C19H16N6O3S2/c1-10-6-11(2)16-15(7-10)29-18(21-16)22-17(26)12-4-5-14(13(8-12)25(27)28)30-19-23-20-9-24(19)3/h4-9H,1-3H3,(H,21,22,26). The lowest BCUT2D eigenvalue weighted by Gasteiger charge is -2.05. The van der Waals surface area contributed by atoms with Crippen LogP contribution < -0.4 is 5.32 Å². The Kier molecular flexibility index (Phi) is 5.22. The number of benzene rings is 2.